The largest absolute Gasteiger partial charge is 0.409 e. The van der Waals surface area contributed by atoms with Gasteiger partial charge in [0.15, 0.2) is 0 Å². The molecule has 5 N–H and O–H groups in total. The van der Waals surface area contributed by atoms with E-state index in [2.05, 4.69) is 31.2 Å². The van der Waals surface area contributed by atoms with Crippen LogP contribution in [0.4, 0.5) is 0 Å². The van der Waals surface area contributed by atoms with Crippen LogP contribution in [0.1, 0.15) is 40.0 Å². The number of oxime groups is 1. The van der Waals surface area contributed by atoms with E-state index in [1.165, 1.54) is 0 Å². The summed E-state index contributed by atoms with van der Waals surface area (Å²) in [4.78, 5) is 0. The molecule has 0 aromatic carbocycles. The molecule has 96 valence electrons. The molecular formula is C11H25N3O2. The molecule has 0 bridgehead atoms. The topological polar surface area (TPSA) is 90.9 Å². The first kappa shape index (κ1) is 15.2. The van der Waals surface area contributed by atoms with Gasteiger partial charge in [0.25, 0.3) is 0 Å². The highest BCUT2D eigenvalue weighted by Crippen LogP contribution is 2.20. The first-order chi connectivity index (χ1) is 7.35. The second-order valence-corrected chi connectivity index (χ2v) is 5.32. The van der Waals surface area contributed by atoms with Gasteiger partial charge in [0.05, 0.1) is 6.10 Å². The van der Waals surface area contributed by atoms with Gasteiger partial charge in [0.2, 0.25) is 0 Å². The number of amidine groups is 1. The highest BCUT2D eigenvalue weighted by Gasteiger charge is 2.15. The van der Waals surface area contributed by atoms with E-state index < -0.39 is 0 Å². The van der Waals surface area contributed by atoms with Crippen LogP contribution in [0.3, 0.4) is 0 Å². The van der Waals surface area contributed by atoms with Crippen molar-refractivity contribution in [2.45, 2.75) is 46.1 Å². The van der Waals surface area contributed by atoms with Gasteiger partial charge in [0, 0.05) is 13.0 Å². The molecule has 0 aliphatic carbocycles. The summed E-state index contributed by atoms with van der Waals surface area (Å²) >= 11 is 0. The Labute approximate surface area is 97.7 Å². The molecule has 0 radical (unpaired) electrons. The van der Waals surface area contributed by atoms with Crippen molar-refractivity contribution in [3.63, 3.8) is 0 Å². The van der Waals surface area contributed by atoms with Gasteiger partial charge in [-0.05, 0) is 24.8 Å². The van der Waals surface area contributed by atoms with Crippen molar-refractivity contribution in [2.75, 3.05) is 13.1 Å². The Morgan fingerprint density at radius 1 is 1.44 bits per heavy atom. The third-order valence-electron chi connectivity index (χ3n) is 2.14. The number of aliphatic hydroxyl groups excluding tert-OH is 1. The van der Waals surface area contributed by atoms with Crippen LogP contribution < -0.4 is 11.1 Å². The molecule has 0 saturated carbocycles. The minimum Gasteiger partial charge on any atom is -0.409 e. The standard InChI is InChI=1S/C11H25N3O2/c1-11(2,3)7-9(15)8-13-6-4-5-10(12)14-16/h9,13,15-16H,4-8H2,1-3H3,(H2,12,14). The van der Waals surface area contributed by atoms with Gasteiger partial charge in [-0.3, -0.25) is 0 Å². The number of rotatable bonds is 7. The second kappa shape index (κ2) is 7.46. The van der Waals surface area contributed by atoms with Crippen LogP contribution in [0, 0.1) is 5.41 Å². The molecule has 5 heteroatoms. The highest BCUT2D eigenvalue weighted by atomic mass is 16.4. The molecule has 0 rings (SSSR count). The maximum Gasteiger partial charge on any atom is 0.139 e. The summed E-state index contributed by atoms with van der Waals surface area (Å²) < 4.78 is 0. The average Bonchev–Trinajstić information content (AvgIpc) is 2.14. The van der Waals surface area contributed by atoms with Crippen molar-refractivity contribution in [2.24, 2.45) is 16.3 Å². The van der Waals surface area contributed by atoms with Gasteiger partial charge in [-0.25, -0.2) is 0 Å². The smallest absolute Gasteiger partial charge is 0.139 e. The maximum absolute atomic E-state index is 9.69. The molecule has 0 saturated heterocycles. The Kier molecular flexibility index (Phi) is 7.08. The molecular weight excluding hydrogens is 206 g/mol. The van der Waals surface area contributed by atoms with Crippen molar-refractivity contribution in [3.05, 3.63) is 0 Å². The van der Waals surface area contributed by atoms with Crippen LogP contribution in [-0.2, 0) is 0 Å². The summed E-state index contributed by atoms with van der Waals surface area (Å²) in [7, 11) is 0. The predicted octanol–water partition coefficient (Wildman–Crippen LogP) is 0.900. The van der Waals surface area contributed by atoms with Gasteiger partial charge < -0.3 is 21.4 Å². The van der Waals surface area contributed by atoms with Crippen LogP contribution in [0.15, 0.2) is 5.16 Å². The summed E-state index contributed by atoms with van der Waals surface area (Å²) in [5.74, 6) is 0.247. The van der Waals surface area contributed by atoms with Gasteiger partial charge in [0.1, 0.15) is 5.84 Å². The number of nitrogens with two attached hydrogens (primary N) is 1. The lowest BCUT2D eigenvalue weighted by Gasteiger charge is -2.22. The van der Waals surface area contributed by atoms with Gasteiger partial charge >= 0.3 is 0 Å². The third-order valence-corrected chi connectivity index (χ3v) is 2.14. The van der Waals surface area contributed by atoms with E-state index >= 15 is 0 Å². The van der Waals surface area contributed by atoms with E-state index in [0.29, 0.717) is 13.0 Å². The average molecular weight is 231 g/mol. The van der Waals surface area contributed by atoms with Crippen molar-refractivity contribution in [1.29, 1.82) is 0 Å². The summed E-state index contributed by atoms with van der Waals surface area (Å²) in [5, 5.41) is 24.0. The number of nitrogens with zero attached hydrogens (tertiary/aromatic N) is 1. The van der Waals surface area contributed by atoms with E-state index in [1.807, 2.05) is 0 Å². The Morgan fingerprint density at radius 3 is 2.56 bits per heavy atom. The number of nitrogens with one attached hydrogen (secondary N) is 1. The molecule has 1 atom stereocenters. The Bertz CT molecular complexity index is 212. The lowest BCUT2D eigenvalue weighted by Crippen LogP contribution is -2.31. The third kappa shape index (κ3) is 9.73. The van der Waals surface area contributed by atoms with E-state index in [0.717, 1.165) is 19.4 Å². The quantitative estimate of drug-likeness (QED) is 0.172. The summed E-state index contributed by atoms with van der Waals surface area (Å²) in [6, 6.07) is 0. The molecule has 1 unspecified atom stereocenters. The van der Waals surface area contributed by atoms with Crippen molar-refractivity contribution in [1.82, 2.24) is 5.32 Å². The summed E-state index contributed by atoms with van der Waals surface area (Å²) in [6.45, 7) is 7.67. The Hall–Kier alpha value is -0.810. The number of aliphatic hydroxyl groups is 1. The molecule has 0 amide bonds. The molecule has 0 aromatic rings. The molecule has 0 aliphatic rings. The normalized spacial score (nSPS) is 15.1. The zero-order valence-electron chi connectivity index (χ0n) is 10.5. The molecule has 0 spiro atoms. The Balaban J connectivity index is 3.45. The van der Waals surface area contributed by atoms with Gasteiger partial charge in [-0.15, -0.1) is 0 Å². The predicted molar refractivity (Wildman–Crippen MR) is 65.6 cm³/mol. The van der Waals surface area contributed by atoms with Crippen LogP contribution in [0.2, 0.25) is 0 Å². The van der Waals surface area contributed by atoms with Crippen molar-refractivity contribution in [3.8, 4) is 0 Å². The number of hydrogen-bond acceptors (Lipinski definition) is 4. The maximum atomic E-state index is 9.69. The van der Waals surface area contributed by atoms with E-state index in [1.54, 1.807) is 0 Å². The van der Waals surface area contributed by atoms with Crippen LogP contribution in [0.25, 0.3) is 0 Å². The lowest BCUT2D eigenvalue weighted by atomic mass is 9.89. The fourth-order valence-corrected chi connectivity index (χ4v) is 1.49. The Morgan fingerprint density at radius 2 is 2.06 bits per heavy atom. The van der Waals surface area contributed by atoms with E-state index in [9.17, 15) is 5.11 Å². The fourth-order valence-electron chi connectivity index (χ4n) is 1.49. The van der Waals surface area contributed by atoms with Crippen LogP contribution in [0.5, 0.6) is 0 Å². The van der Waals surface area contributed by atoms with Crippen LogP contribution in [-0.4, -0.2) is 35.3 Å². The van der Waals surface area contributed by atoms with Crippen molar-refractivity contribution >= 4 is 5.84 Å². The second-order valence-electron chi connectivity index (χ2n) is 5.32. The SMILES string of the molecule is CC(C)(C)CC(O)CNCCCC(N)=NO. The summed E-state index contributed by atoms with van der Waals surface area (Å²) in [6.07, 6.45) is 1.83. The zero-order chi connectivity index (χ0) is 12.6. The van der Waals surface area contributed by atoms with Gasteiger partial charge in [-0.2, -0.15) is 0 Å². The van der Waals surface area contributed by atoms with E-state index in [-0.39, 0.29) is 17.4 Å². The minimum atomic E-state index is -0.316. The van der Waals surface area contributed by atoms with Crippen molar-refractivity contribution < 1.29 is 10.3 Å². The molecule has 0 aromatic heterocycles. The summed E-state index contributed by atoms with van der Waals surface area (Å²) in [5.41, 5.74) is 5.47. The minimum absolute atomic E-state index is 0.148. The molecule has 0 fully saturated rings. The molecule has 5 nitrogen and oxygen atoms in total. The van der Waals surface area contributed by atoms with Crippen LogP contribution >= 0.6 is 0 Å². The fraction of sp³-hybridized carbons (Fsp3) is 0.909. The molecule has 0 heterocycles. The first-order valence-electron chi connectivity index (χ1n) is 5.70. The van der Waals surface area contributed by atoms with E-state index in [4.69, 9.17) is 10.9 Å². The van der Waals surface area contributed by atoms with Gasteiger partial charge in [-0.1, -0.05) is 25.9 Å². The first-order valence-corrected chi connectivity index (χ1v) is 5.70. The molecule has 0 aliphatic heterocycles. The zero-order valence-corrected chi connectivity index (χ0v) is 10.5. The highest BCUT2D eigenvalue weighted by molar-refractivity contribution is 5.79. The monoisotopic (exact) mass is 231 g/mol. The lowest BCUT2D eigenvalue weighted by molar-refractivity contribution is 0.120. The molecule has 16 heavy (non-hydrogen) atoms. The number of hydrogen-bond donors (Lipinski definition) is 4.